The molecule has 0 aliphatic heterocycles. The van der Waals surface area contributed by atoms with Crippen molar-refractivity contribution in [3.63, 3.8) is 0 Å². The molecular formula is C18H13ClO4. The third kappa shape index (κ3) is 2.62. The Labute approximate surface area is 136 Å². The minimum absolute atomic E-state index is 0.295. The van der Waals surface area contributed by atoms with Gasteiger partial charge < -0.3 is 9.52 Å². The maximum atomic E-state index is 12.2. The molecule has 4 nitrogen and oxygen atoms in total. The normalized spacial score (nSPS) is 10.9. The predicted octanol–water partition coefficient (Wildman–Crippen LogP) is 4.37. The van der Waals surface area contributed by atoms with E-state index in [1.807, 2.05) is 13.0 Å². The van der Waals surface area contributed by atoms with E-state index in [1.165, 1.54) is 6.07 Å². The van der Waals surface area contributed by atoms with Crippen molar-refractivity contribution in [3.8, 4) is 11.1 Å². The minimum Gasteiger partial charge on any atom is -0.477 e. The average Bonchev–Trinajstić information content (AvgIpc) is 2.53. The summed E-state index contributed by atoms with van der Waals surface area (Å²) in [4.78, 5) is 23.8. The van der Waals surface area contributed by atoms with Crippen LogP contribution in [0.1, 0.15) is 22.8 Å². The highest BCUT2D eigenvalue weighted by Crippen LogP contribution is 2.34. The Hall–Kier alpha value is -2.59. The van der Waals surface area contributed by atoms with Crippen molar-refractivity contribution in [1.29, 1.82) is 0 Å². The smallest absolute Gasteiger partial charge is 0.351 e. The van der Waals surface area contributed by atoms with Crippen LogP contribution in [0.3, 0.4) is 0 Å². The van der Waals surface area contributed by atoms with Crippen molar-refractivity contribution in [1.82, 2.24) is 0 Å². The highest BCUT2D eigenvalue weighted by molar-refractivity contribution is 6.31. The summed E-state index contributed by atoms with van der Waals surface area (Å²) in [6.45, 7) is 1.94. The molecule has 3 aromatic rings. The molecule has 5 heteroatoms. The van der Waals surface area contributed by atoms with Gasteiger partial charge in [0.05, 0.1) is 0 Å². The van der Waals surface area contributed by atoms with E-state index < -0.39 is 11.6 Å². The molecule has 1 heterocycles. The number of hydrogen-bond acceptors (Lipinski definition) is 3. The quantitative estimate of drug-likeness (QED) is 0.725. The van der Waals surface area contributed by atoms with Crippen LogP contribution in [0.25, 0.3) is 22.1 Å². The molecule has 0 spiro atoms. The van der Waals surface area contributed by atoms with Crippen molar-refractivity contribution >= 4 is 28.5 Å². The molecule has 23 heavy (non-hydrogen) atoms. The van der Waals surface area contributed by atoms with E-state index in [2.05, 4.69) is 0 Å². The van der Waals surface area contributed by atoms with E-state index in [-0.39, 0.29) is 5.56 Å². The molecule has 0 amide bonds. The number of rotatable bonds is 3. The van der Waals surface area contributed by atoms with E-state index in [1.54, 1.807) is 30.3 Å². The summed E-state index contributed by atoms with van der Waals surface area (Å²) in [5, 5.41) is 10.6. The molecule has 0 atom stereocenters. The molecule has 0 aliphatic carbocycles. The average molecular weight is 329 g/mol. The summed E-state index contributed by atoms with van der Waals surface area (Å²) in [5.41, 5.74) is 0.910. The van der Waals surface area contributed by atoms with Crippen molar-refractivity contribution in [2.45, 2.75) is 13.3 Å². The van der Waals surface area contributed by atoms with Gasteiger partial charge in [0, 0.05) is 22.0 Å². The van der Waals surface area contributed by atoms with E-state index >= 15 is 0 Å². The van der Waals surface area contributed by atoms with Crippen LogP contribution in [0.4, 0.5) is 0 Å². The third-order valence-corrected chi connectivity index (χ3v) is 3.93. The summed E-state index contributed by atoms with van der Waals surface area (Å²) < 4.78 is 5.22. The van der Waals surface area contributed by atoms with Crippen LogP contribution in [0, 0.1) is 0 Å². The second kappa shape index (κ2) is 5.89. The number of hydrogen-bond donors (Lipinski definition) is 1. The van der Waals surface area contributed by atoms with Gasteiger partial charge in [0.1, 0.15) is 5.58 Å². The molecule has 0 aliphatic rings. The van der Waals surface area contributed by atoms with Crippen molar-refractivity contribution < 1.29 is 14.3 Å². The lowest BCUT2D eigenvalue weighted by molar-refractivity contribution is 0.0693. The molecule has 0 fully saturated rings. The topological polar surface area (TPSA) is 67.5 Å². The van der Waals surface area contributed by atoms with Crippen LogP contribution in [0.15, 0.2) is 51.7 Å². The fraction of sp³-hybridized carbons (Fsp3) is 0.111. The molecule has 116 valence electrons. The van der Waals surface area contributed by atoms with Gasteiger partial charge in [-0.2, -0.15) is 0 Å². The van der Waals surface area contributed by atoms with Gasteiger partial charge in [-0.3, -0.25) is 0 Å². The molecule has 1 N–H and O–H groups in total. The van der Waals surface area contributed by atoms with Gasteiger partial charge in [0.15, 0.2) is 5.56 Å². The standard InChI is InChI=1S/C18H13ClO4/c1-2-10-8-12(19)9-13-14(10)15(11-6-4-3-5-7-11)16(17(20)21)18(22)23-13/h3-9H,2H2,1H3,(H,20,21). The monoisotopic (exact) mass is 328 g/mol. The maximum absolute atomic E-state index is 12.2. The zero-order chi connectivity index (χ0) is 16.6. The SMILES string of the molecule is CCc1cc(Cl)cc2oc(=O)c(C(=O)O)c(-c3ccccc3)c12. The van der Waals surface area contributed by atoms with Crippen LogP contribution < -0.4 is 5.63 Å². The number of halogens is 1. The Bertz CT molecular complexity index is 958. The highest BCUT2D eigenvalue weighted by Gasteiger charge is 2.23. The van der Waals surface area contributed by atoms with Crippen LogP contribution >= 0.6 is 11.6 Å². The molecule has 0 unspecified atom stereocenters. The van der Waals surface area contributed by atoms with Crippen LogP contribution in [0.5, 0.6) is 0 Å². The second-order valence-corrected chi connectivity index (χ2v) is 5.54. The molecule has 2 aromatic carbocycles. The minimum atomic E-state index is -1.31. The summed E-state index contributed by atoms with van der Waals surface area (Å²) in [5.74, 6) is -1.31. The number of carboxylic acid groups (broad SMARTS) is 1. The molecule has 3 rings (SSSR count). The molecule has 0 saturated heterocycles. The number of benzene rings is 2. The van der Waals surface area contributed by atoms with Crippen molar-refractivity contribution in [2.75, 3.05) is 0 Å². The number of carbonyl (C=O) groups is 1. The summed E-state index contributed by atoms with van der Waals surface area (Å²) in [6.07, 6.45) is 0.629. The molecular weight excluding hydrogens is 316 g/mol. The first kappa shape index (κ1) is 15.3. The summed E-state index contributed by atoms with van der Waals surface area (Å²) in [7, 11) is 0. The predicted molar refractivity (Wildman–Crippen MR) is 89.3 cm³/mol. The van der Waals surface area contributed by atoms with E-state index in [0.717, 1.165) is 5.56 Å². The Morgan fingerprint density at radius 1 is 1.22 bits per heavy atom. The Balaban J connectivity index is 2.58. The summed E-state index contributed by atoms with van der Waals surface area (Å²) >= 11 is 6.08. The Morgan fingerprint density at radius 2 is 1.91 bits per heavy atom. The number of fused-ring (bicyclic) bond motifs is 1. The van der Waals surface area contributed by atoms with Gasteiger partial charge in [0.25, 0.3) is 0 Å². The van der Waals surface area contributed by atoms with Crippen LogP contribution in [-0.4, -0.2) is 11.1 Å². The van der Waals surface area contributed by atoms with Gasteiger partial charge in [-0.1, -0.05) is 48.9 Å². The third-order valence-electron chi connectivity index (χ3n) is 3.71. The van der Waals surface area contributed by atoms with Gasteiger partial charge in [-0.25, -0.2) is 9.59 Å². The maximum Gasteiger partial charge on any atom is 0.351 e. The molecule has 0 saturated carbocycles. The van der Waals surface area contributed by atoms with Crippen molar-refractivity contribution in [3.05, 3.63) is 69.0 Å². The van der Waals surface area contributed by atoms with Crippen molar-refractivity contribution in [2.24, 2.45) is 0 Å². The zero-order valence-corrected chi connectivity index (χ0v) is 13.1. The molecule has 0 radical (unpaired) electrons. The van der Waals surface area contributed by atoms with Gasteiger partial charge in [-0.05, 0) is 23.6 Å². The molecule has 0 bridgehead atoms. The fourth-order valence-corrected chi connectivity index (χ4v) is 2.98. The van der Waals surface area contributed by atoms with E-state index in [0.29, 0.717) is 33.5 Å². The Kier molecular flexibility index (Phi) is 3.92. The lowest BCUT2D eigenvalue weighted by Gasteiger charge is -2.13. The lowest BCUT2D eigenvalue weighted by Crippen LogP contribution is -2.16. The van der Waals surface area contributed by atoms with Gasteiger partial charge in [0.2, 0.25) is 0 Å². The summed E-state index contributed by atoms with van der Waals surface area (Å²) in [6, 6.07) is 12.3. The zero-order valence-electron chi connectivity index (χ0n) is 12.3. The van der Waals surface area contributed by atoms with E-state index in [9.17, 15) is 14.7 Å². The lowest BCUT2D eigenvalue weighted by atomic mass is 9.93. The highest BCUT2D eigenvalue weighted by atomic mass is 35.5. The fourth-order valence-electron chi connectivity index (χ4n) is 2.74. The van der Waals surface area contributed by atoms with E-state index in [4.69, 9.17) is 16.0 Å². The number of aromatic carboxylic acids is 1. The van der Waals surface area contributed by atoms with Crippen LogP contribution in [-0.2, 0) is 6.42 Å². The first-order valence-electron chi connectivity index (χ1n) is 7.11. The van der Waals surface area contributed by atoms with Gasteiger partial charge in [-0.15, -0.1) is 0 Å². The molecule has 1 aromatic heterocycles. The first-order chi connectivity index (χ1) is 11.0. The first-order valence-corrected chi connectivity index (χ1v) is 7.48. The number of carboxylic acids is 1. The second-order valence-electron chi connectivity index (χ2n) is 5.10. The Morgan fingerprint density at radius 3 is 2.52 bits per heavy atom. The van der Waals surface area contributed by atoms with Gasteiger partial charge >= 0.3 is 11.6 Å². The largest absolute Gasteiger partial charge is 0.477 e. The number of aryl methyl sites for hydroxylation is 1. The van der Waals surface area contributed by atoms with Crippen LogP contribution in [0.2, 0.25) is 5.02 Å².